The molecule has 1 N–H and O–H groups in total. The summed E-state index contributed by atoms with van der Waals surface area (Å²) in [5.74, 6) is 1.18. The van der Waals surface area contributed by atoms with E-state index in [2.05, 4.69) is 5.32 Å². The van der Waals surface area contributed by atoms with E-state index in [4.69, 9.17) is 14.2 Å². The molecule has 25 heavy (non-hydrogen) atoms. The molecule has 2 aromatic rings. The summed E-state index contributed by atoms with van der Waals surface area (Å²) in [6.07, 6.45) is 2.29. The SMILES string of the molecule is Cc1ccc(OCC(=O)Nc2cccc(OC[C@H]3CCCO3)c2)cc1. The maximum atomic E-state index is 12.0. The fraction of sp³-hybridized carbons (Fsp3) is 0.350. The molecule has 1 amide bonds. The lowest BCUT2D eigenvalue weighted by atomic mass is 10.2. The monoisotopic (exact) mass is 341 g/mol. The van der Waals surface area contributed by atoms with Crippen molar-refractivity contribution in [2.75, 3.05) is 25.1 Å². The number of ether oxygens (including phenoxy) is 3. The first kappa shape index (κ1) is 17.3. The molecule has 0 aromatic heterocycles. The molecule has 0 saturated carbocycles. The predicted molar refractivity (Wildman–Crippen MR) is 96.2 cm³/mol. The molecule has 0 bridgehead atoms. The summed E-state index contributed by atoms with van der Waals surface area (Å²) in [4.78, 5) is 12.0. The number of nitrogens with one attached hydrogen (secondary N) is 1. The number of anilines is 1. The number of hydrogen-bond donors (Lipinski definition) is 1. The van der Waals surface area contributed by atoms with Crippen molar-refractivity contribution < 1.29 is 19.0 Å². The van der Waals surface area contributed by atoms with E-state index in [1.54, 1.807) is 6.07 Å². The predicted octanol–water partition coefficient (Wildman–Crippen LogP) is 3.57. The molecule has 5 nitrogen and oxygen atoms in total. The number of hydrogen-bond acceptors (Lipinski definition) is 4. The first-order valence-electron chi connectivity index (χ1n) is 8.53. The lowest BCUT2D eigenvalue weighted by Gasteiger charge is -2.13. The van der Waals surface area contributed by atoms with Crippen LogP contribution in [0.15, 0.2) is 48.5 Å². The van der Waals surface area contributed by atoms with Crippen LogP contribution in [0.3, 0.4) is 0 Å². The van der Waals surface area contributed by atoms with Crippen molar-refractivity contribution >= 4 is 11.6 Å². The zero-order chi connectivity index (χ0) is 17.5. The topological polar surface area (TPSA) is 56.8 Å². The Bertz CT molecular complexity index is 693. The number of benzene rings is 2. The van der Waals surface area contributed by atoms with Gasteiger partial charge in [-0.25, -0.2) is 0 Å². The second-order valence-electron chi connectivity index (χ2n) is 6.12. The first-order valence-corrected chi connectivity index (χ1v) is 8.53. The fourth-order valence-electron chi connectivity index (χ4n) is 2.61. The number of carbonyl (C=O) groups excluding carboxylic acids is 1. The minimum Gasteiger partial charge on any atom is -0.491 e. The molecule has 1 atom stereocenters. The van der Waals surface area contributed by atoms with E-state index in [0.717, 1.165) is 25.0 Å². The van der Waals surface area contributed by atoms with E-state index in [-0.39, 0.29) is 18.6 Å². The molecule has 2 aromatic carbocycles. The van der Waals surface area contributed by atoms with E-state index in [1.807, 2.05) is 49.4 Å². The van der Waals surface area contributed by atoms with Gasteiger partial charge in [-0.05, 0) is 44.0 Å². The third-order valence-corrected chi connectivity index (χ3v) is 3.97. The molecule has 0 spiro atoms. The van der Waals surface area contributed by atoms with Crippen LogP contribution in [-0.2, 0) is 9.53 Å². The third-order valence-electron chi connectivity index (χ3n) is 3.97. The molecule has 1 aliphatic heterocycles. The number of rotatable bonds is 7. The zero-order valence-corrected chi connectivity index (χ0v) is 14.4. The number of aryl methyl sites for hydroxylation is 1. The van der Waals surface area contributed by atoms with E-state index in [9.17, 15) is 4.79 Å². The molecule has 132 valence electrons. The Morgan fingerprint density at radius 3 is 2.76 bits per heavy atom. The van der Waals surface area contributed by atoms with Gasteiger partial charge in [-0.2, -0.15) is 0 Å². The molecule has 1 saturated heterocycles. The van der Waals surface area contributed by atoms with Crippen LogP contribution in [0.2, 0.25) is 0 Å². The maximum absolute atomic E-state index is 12.0. The normalized spacial score (nSPS) is 16.4. The first-order chi connectivity index (χ1) is 12.2. The zero-order valence-electron chi connectivity index (χ0n) is 14.4. The van der Waals surface area contributed by atoms with Gasteiger partial charge in [-0.1, -0.05) is 23.8 Å². The Balaban J connectivity index is 1.47. The van der Waals surface area contributed by atoms with Crippen LogP contribution in [0.25, 0.3) is 0 Å². The Hall–Kier alpha value is -2.53. The van der Waals surface area contributed by atoms with Crippen LogP contribution in [0.4, 0.5) is 5.69 Å². The Labute approximate surface area is 147 Å². The second-order valence-corrected chi connectivity index (χ2v) is 6.12. The summed E-state index contributed by atoms with van der Waals surface area (Å²) in [5.41, 5.74) is 1.83. The fourth-order valence-corrected chi connectivity index (χ4v) is 2.61. The average molecular weight is 341 g/mol. The standard InChI is InChI=1S/C20H23NO4/c1-15-7-9-17(10-8-15)25-14-20(22)21-16-4-2-5-18(12-16)24-13-19-6-3-11-23-19/h2,4-5,7-10,12,19H,3,6,11,13-14H2,1H3,(H,21,22)/t19-/m1/s1. The number of carbonyl (C=O) groups is 1. The molecule has 5 heteroatoms. The summed E-state index contributed by atoms with van der Waals surface area (Å²) in [7, 11) is 0. The van der Waals surface area contributed by atoms with Gasteiger partial charge in [0.2, 0.25) is 0 Å². The van der Waals surface area contributed by atoms with Crippen molar-refractivity contribution in [1.29, 1.82) is 0 Å². The molecule has 3 rings (SSSR count). The van der Waals surface area contributed by atoms with Gasteiger partial charge >= 0.3 is 0 Å². The van der Waals surface area contributed by atoms with Crippen molar-refractivity contribution in [3.63, 3.8) is 0 Å². The van der Waals surface area contributed by atoms with E-state index < -0.39 is 0 Å². The molecule has 1 fully saturated rings. The molecule has 0 aliphatic carbocycles. The molecule has 1 heterocycles. The summed E-state index contributed by atoms with van der Waals surface area (Å²) in [6.45, 7) is 3.31. The maximum Gasteiger partial charge on any atom is 0.262 e. The Kier molecular flexibility index (Phi) is 5.90. The minimum absolute atomic E-state index is 0.0376. The van der Waals surface area contributed by atoms with Gasteiger partial charge in [0.15, 0.2) is 6.61 Å². The van der Waals surface area contributed by atoms with Gasteiger partial charge in [0.05, 0.1) is 6.10 Å². The van der Waals surface area contributed by atoms with Gasteiger partial charge in [-0.15, -0.1) is 0 Å². The summed E-state index contributed by atoms with van der Waals surface area (Å²) in [5, 5.41) is 2.82. The van der Waals surface area contributed by atoms with Crippen molar-refractivity contribution in [2.24, 2.45) is 0 Å². The van der Waals surface area contributed by atoms with Crippen LogP contribution in [-0.4, -0.2) is 31.8 Å². The third kappa shape index (κ3) is 5.50. The Morgan fingerprint density at radius 1 is 1.16 bits per heavy atom. The van der Waals surface area contributed by atoms with Crippen LogP contribution in [0, 0.1) is 6.92 Å². The minimum atomic E-state index is -0.211. The molecule has 0 unspecified atom stereocenters. The molecular formula is C20H23NO4. The lowest BCUT2D eigenvalue weighted by molar-refractivity contribution is -0.118. The summed E-state index contributed by atoms with van der Waals surface area (Å²) < 4.78 is 16.8. The highest BCUT2D eigenvalue weighted by Gasteiger charge is 2.16. The van der Waals surface area contributed by atoms with Crippen LogP contribution in [0.1, 0.15) is 18.4 Å². The highest BCUT2D eigenvalue weighted by Crippen LogP contribution is 2.20. The second kappa shape index (κ2) is 8.53. The summed E-state index contributed by atoms with van der Waals surface area (Å²) >= 11 is 0. The van der Waals surface area contributed by atoms with Crippen molar-refractivity contribution in [1.82, 2.24) is 0 Å². The van der Waals surface area contributed by atoms with Gasteiger partial charge in [0, 0.05) is 18.4 Å². The molecule has 0 radical (unpaired) electrons. The van der Waals surface area contributed by atoms with E-state index >= 15 is 0 Å². The summed E-state index contributed by atoms with van der Waals surface area (Å²) in [6, 6.07) is 14.9. The largest absolute Gasteiger partial charge is 0.491 e. The van der Waals surface area contributed by atoms with E-state index in [0.29, 0.717) is 23.8 Å². The van der Waals surface area contributed by atoms with Crippen LogP contribution < -0.4 is 14.8 Å². The van der Waals surface area contributed by atoms with Gasteiger partial charge in [0.25, 0.3) is 5.91 Å². The van der Waals surface area contributed by atoms with Crippen molar-refractivity contribution in [2.45, 2.75) is 25.9 Å². The van der Waals surface area contributed by atoms with Gasteiger partial charge in [-0.3, -0.25) is 4.79 Å². The highest BCUT2D eigenvalue weighted by atomic mass is 16.5. The smallest absolute Gasteiger partial charge is 0.262 e. The average Bonchev–Trinajstić information content (AvgIpc) is 3.13. The Morgan fingerprint density at radius 2 is 2.00 bits per heavy atom. The van der Waals surface area contributed by atoms with Gasteiger partial charge in [0.1, 0.15) is 18.1 Å². The number of amides is 1. The van der Waals surface area contributed by atoms with Crippen LogP contribution >= 0.6 is 0 Å². The van der Waals surface area contributed by atoms with E-state index in [1.165, 1.54) is 0 Å². The van der Waals surface area contributed by atoms with Crippen molar-refractivity contribution in [3.8, 4) is 11.5 Å². The molecule has 1 aliphatic rings. The van der Waals surface area contributed by atoms with Crippen LogP contribution in [0.5, 0.6) is 11.5 Å². The van der Waals surface area contributed by atoms with Crippen molar-refractivity contribution in [3.05, 3.63) is 54.1 Å². The molecular weight excluding hydrogens is 318 g/mol. The van der Waals surface area contributed by atoms with Gasteiger partial charge < -0.3 is 19.5 Å². The quantitative estimate of drug-likeness (QED) is 0.836. The lowest BCUT2D eigenvalue weighted by Crippen LogP contribution is -2.20. The highest BCUT2D eigenvalue weighted by molar-refractivity contribution is 5.92.